The fraction of sp³-hybridized carbons (Fsp3) is 0.611. The van der Waals surface area contributed by atoms with Crippen LogP contribution >= 0.6 is 0 Å². The number of urea groups is 1. The Morgan fingerprint density at radius 3 is 2.55 bits per heavy atom. The highest BCUT2D eigenvalue weighted by atomic mass is 16.5. The number of hydrogen-bond acceptors (Lipinski definition) is 2. The number of carbonyl (C=O) groups excluding carboxylic acids is 1. The highest BCUT2D eigenvalue weighted by Gasteiger charge is 2.23. The molecule has 0 unspecified atom stereocenters. The first-order chi connectivity index (χ1) is 10.6. The van der Waals surface area contributed by atoms with Gasteiger partial charge in [-0.25, -0.2) is 4.79 Å². The first kappa shape index (κ1) is 16.8. The van der Waals surface area contributed by atoms with E-state index in [1.54, 1.807) is 0 Å². The number of amides is 2. The van der Waals surface area contributed by atoms with E-state index in [1.165, 1.54) is 19.3 Å². The molecule has 0 aromatic heterocycles. The van der Waals surface area contributed by atoms with Gasteiger partial charge in [0.2, 0.25) is 0 Å². The Labute approximate surface area is 133 Å². The predicted octanol–water partition coefficient (Wildman–Crippen LogP) is 3.61. The summed E-state index contributed by atoms with van der Waals surface area (Å²) in [5.74, 6) is 0. The van der Waals surface area contributed by atoms with E-state index < -0.39 is 0 Å². The zero-order chi connectivity index (χ0) is 15.8. The molecule has 1 aromatic rings. The van der Waals surface area contributed by atoms with Crippen molar-refractivity contribution >= 4 is 6.03 Å². The van der Waals surface area contributed by atoms with Crippen LogP contribution in [0, 0.1) is 0 Å². The van der Waals surface area contributed by atoms with Crippen molar-refractivity contribution in [1.82, 2.24) is 10.6 Å². The van der Waals surface area contributed by atoms with Crippen LogP contribution < -0.4 is 10.6 Å². The monoisotopic (exact) mass is 304 g/mol. The maximum Gasteiger partial charge on any atom is 0.315 e. The molecule has 0 saturated heterocycles. The Bertz CT molecular complexity index is 453. The lowest BCUT2D eigenvalue weighted by atomic mass is 9.96. The zero-order valence-corrected chi connectivity index (χ0v) is 13.7. The van der Waals surface area contributed by atoms with E-state index in [2.05, 4.69) is 10.6 Å². The summed E-state index contributed by atoms with van der Waals surface area (Å²) < 4.78 is 5.73. The van der Waals surface area contributed by atoms with Crippen LogP contribution in [-0.4, -0.2) is 24.2 Å². The highest BCUT2D eigenvalue weighted by molar-refractivity contribution is 5.75. The Morgan fingerprint density at radius 1 is 1.18 bits per heavy atom. The van der Waals surface area contributed by atoms with Crippen LogP contribution in [0.4, 0.5) is 4.79 Å². The highest BCUT2D eigenvalue weighted by Crippen LogP contribution is 2.17. The fourth-order valence-corrected chi connectivity index (χ4v) is 2.81. The number of ether oxygens (including phenoxy) is 1. The van der Waals surface area contributed by atoms with Crippen LogP contribution in [0.1, 0.15) is 51.5 Å². The van der Waals surface area contributed by atoms with Gasteiger partial charge in [0.15, 0.2) is 0 Å². The number of nitrogens with one attached hydrogen (secondary N) is 2. The molecule has 2 rings (SSSR count). The van der Waals surface area contributed by atoms with Crippen molar-refractivity contribution in [3.05, 3.63) is 35.9 Å². The number of rotatable bonds is 6. The molecule has 1 aliphatic carbocycles. The molecule has 0 atom stereocenters. The lowest BCUT2D eigenvalue weighted by Gasteiger charge is -2.29. The van der Waals surface area contributed by atoms with E-state index in [9.17, 15) is 4.79 Å². The molecule has 0 bridgehead atoms. The largest absolute Gasteiger partial charge is 0.374 e. The summed E-state index contributed by atoms with van der Waals surface area (Å²) in [6, 6.07) is 10.3. The Kier molecular flexibility index (Phi) is 6.25. The summed E-state index contributed by atoms with van der Waals surface area (Å²) in [6.07, 6.45) is 5.92. The molecule has 22 heavy (non-hydrogen) atoms. The van der Waals surface area contributed by atoms with Crippen molar-refractivity contribution < 1.29 is 9.53 Å². The molecular formula is C18H28N2O2. The van der Waals surface area contributed by atoms with Crippen molar-refractivity contribution in [3.8, 4) is 0 Å². The van der Waals surface area contributed by atoms with Gasteiger partial charge < -0.3 is 15.4 Å². The second kappa shape index (κ2) is 8.18. The lowest BCUT2D eigenvalue weighted by Crippen LogP contribution is -2.53. The van der Waals surface area contributed by atoms with E-state index in [0.717, 1.165) is 18.4 Å². The molecule has 1 fully saturated rings. The Hall–Kier alpha value is -1.55. The van der Waals surface area contributed by atoms with Crippen LogP contribution in [0.3, 0.4) is 0 Å². The predicted molar refractivity (Wildman–Crippen MR) is 88.7 cm³/mol. The standard InChI is InChI=1S/C18H28N2O2/c1-18(2,14-22-13-15-9-5-3-6-10-15)20-17(21)19-16-11-7-4-8-12-16/h3,5-6,9-10,16H,4,7-8,11-14H2,1-2H3,(H2,19,20,21). The van der Waals surface area contributed by atoms with E-state index >= 15 is 0 Å². The van der Waals surface area contributed by atoms with Gasteiger partial charge in [0.25, 0.3) is 0 Å². The molecule has 0 aliphatic heterocycles. The van der Waals surface area contributed by atoms with Gasteiger partial charge in [-0.05, 0) is 32.3 Å². The van der Waals surface area contributed by atoms with Gasteiger partial charge in [0, 0.05) is 6.04 Å². The SMILES string of the molecule is CC(C)(COCc1ccccc1)NC(=O)NC1CCCCC1. The first-order valence-electron chi connectivity index (χ1n) is 8.25. The van der Waals surface area contributed by atoms with Crippen LogP contribution in [0.25, 0.3) is 0 Å². The normalized spacial score (nSPS) is 16.3. The second-order valence-corrected chi connectivity index (χ2v) is 6.80. The van der Waals surface area contributed by atoms with Gasteiger partial charge in [0.05, 0.1) is 18.8 Å². The van der Waals surface area contributed by atoms with Crippen molar-refractivity contribution in [2.24, 2.45) is 0 Å². The summed E-state index contributed by atoms with van der Waals surface area (Å²) in [5, 5.41) is 6.09. The Morgan fingerprint density at radius 2 is 1.86 bits per heavy atom. The molecule has 1 saturated carbocycles. The van der Waals surface area contributed by atoms with Crippen LogP contribution in [0.5, 0.6) is 0 Å². The van der Waals surface area contributed by atoms with E-state index in [0.29, 0.717) is 19.3 Å². The Balaban J connectivity index is 1.69. The van der Waals surface area contributed by atoms with Crippen LogP contribution in [-0.2, 0) is 11.3 Å². The topological polar surface area (TPSA) is 50.4 Å². The summed E-state index contributed by atoms with van der Waals surface area (Å²) in [7, 11) is 0. The molecular weight excluding hydrogens is 276 g/mol. The van der Waals surface area contributed by atoms with Crippen molar-refractivity contribution in [2.45, 2.75) is 64.1 Å². The minimum absolute atomic E-state index is 0.0831. The van der Waals surface area contributed by atoms with Crippen molar-refractivity contribution in [3.63, 3.8) is 0 Å². The van der Waals surface area contributed by atoms with Gasteiger partial charge >= 0.3 is 6.03 Å². The third-order valence-electron chi connectivity index (χ3n) is 3.97. The van der Waals surface area contributed by atoms with Gasteiger partial charge in [-0.1, -0.05) is 49.6 Å². The zero-order valence-electron chi connectivity index (χ0n) is 13.7. The van der Waals surface area contributed by atoms with Crippen LogP contribution in [0.15, 0.2) is 30.3 Å². The molecule has 4 heteroatoms. The molecule has 0 spiro atoms. The number of carbonyl (C=O) groups is 1. The van der Waals surface area contributed by atoms with Gasteiger partial charge in [0.1, 0.15) is 0 Å². The van der Waals surface area contributed by atoms with Gasteiger partial charge in [-0.2, -0.15) is 0 Å². The molecule has 0 radical (unpaired) electrons. The van der Waals surface area contributed by atoms with E-state index in [-0.39, 0.29) is 11.6 Å². The summed E-state index contributed by atoms with van der Waals surface area (Å²) in [6.45, 7) is 5.02. The van der Waals surface area contributed by atoms with Crippen LogP contribution in [0.2, 0.25) is 0 Å². The molecule has 1 aromatic carbocycles. The molecule has 0 heterocycles. The average Bonchev–Trinajstić information content (AvgIpc) is 2.48. The maximum atomic E-state index is 12.1. The first-order valence-corrected chi connectivity index (χ1v) is 8.25. The summed E-state index contributed by atoms with van der Waals surface area (Å²) in [4.78, 5) is 12.1. The lowest BCUT2D eigenvalue weighted by molar-refractivity contribution is 0.0741. The molecule has 4 nitrogen and oxygen atoms in total. The summed E-state index contributed by atoms with van der Waals surface area (Å²) >= 11 is 0. The van der Waals surface area contributed by atoms with E-state index in [4.69, 9.17) is 4.74 Å². The third-order valence-corrected chi connectivity index (χ3v) is 3.97. The van der Waals surface area contributed by atoms with Crippen molar-refractivity contribution in [2.75, 3.05) is 6.61 Å². The second-order valence-electron chi connectivity index (χ2n) is 6.80. The molecule has 122 valence electrons. The molecule has 2 N–H and O–H groups in total. The maximum absolute atomic E-state index is 12.1. The quantitative estimate of drug-likeness (QED) is 0.843. The minimum atomic E-state index is -0.381. The fourth-order valence-electron chi connectivity index (χ4n) is 2.81. The van der Waals surface area contributed by atoms with Gasteiger partial charge in [-0.3, -0.25) is 0 Å². The van der Waals surface area contributed by atoms with Gasteiger partial charge in [-0.15, -0.1) is 0 Å². The molecule has 1 aliphatic rings. The number of benzene rings is 1. The average molecular weight is 304 g/mol. The van der Waals surface area contributed by atoms with E-state index in [1.807, 2.05) is 44.2 Å². The smallest absolute Gasteiger partial charge is 0.315 e. The summed E-state index contributed by atoms with van der Waals surface area (Å²) in [5.41, 5.74) is 0.762. The molecule has 2 amide bonds. The minimum Gasteiger partial charge on any atom is -0.374 e. The third kappa shape index (κ3) is 6.06. The van der Waals surface area contributed by atoms with Crippen molar-refractivity contribution in [1.29, 1.82) is 0 Å². The number of hydrogen-bond donors (Lipinski definition) is 2.